The van der Waals surface area contributed by atoms with Crippen molar-refractivity contribution in [3.05, 3.63) is 35.1 Å². The molecule has 1 aliphatic carbocycles. The standard InChI is InChI=1S/C24H35FO4/c1-15-13-19(25)11-12-20(15)22(18-9-7-8-10-18)17(3)28-23(27)16(2)14-21(26)29-24(4,5)6/h11-13,16-18,22H,7-10,14H2,1-6H3/t16-,17+,22+/m1/s1. The van der Waals surface area contributed by atoms with Crippen molar-refractivity contribution < 1.29 is 23.5 Å². The van der Waals surface area contributed by atoms with Gasteiger partial charge in [-0.25, -0.2) is 4.39 Å². The molecule has 2 rings (SSSR count). The summed E-state index contributed by atoms with van der Waals surface area (Å²) in [6.07, 6.45) is 4.13. The molecule has 0 radical (unpaired) electrons. The Labute approximate surface area is 174 Å². The van der Waals surface area contributed by atoms with Crippen molar-refractivity contribution >= 4 is 11.9 Å². The highest BCUT2D eigenvalue weighted by Gasteiger charge is 2.34. The number of esters is 2. The normalized spacial score (nSPS) is 18.2. The molecule has 1 aromatic rings. The van der Waals surface area contributed by atoms with Crippen molar-refractivity contribution in [3.63, 3.8) is 0 Å². The van der Waals surface area contributed by atoms with Gasteiger partial charge in [0.05, 0.1) is 12.3 Å². The van der Waals surface area contributed by atoms with Gasteiger partial charge in [0.25, 0.3) is 0 Å². The number of carbonyl (C=O) groups excluding carboxylic acids is 2. The Balaban J connectivity index is 2.09. The third-order valence-corrected chi connectivity index (χ3v) is 5.60. The molecule has 1 aliphatic rings. The van der Waals surface area contributed by atoms with Crippen LogP contribution in [-0.2, 0) is 19.1 Å². The summed E-state index contributed by atoms with van der Waals surface area (Å²) in [7, 11) is 0. The van der Waals surface area contributed by atoms with Gasteiger partial charge >= 0.3 is 11.9 Å². The van der Waals surface area contributed by atoms with Gasteiger partial charge in [-0.15, -0.1) is 0 Å². The number of aryl methyl sites for hydroxylation is 1. The lowest BCUT2D eigenvalue weighted by Gasteiger charge is -2.31. The van der Waals surface area contributed by atoms with Crippen LogP contribution in [0.4, 0.5) is 4.39 Å². The fraction of sp³-hybridized carbons (Fsp3) is 0.667. The molecule has 0 heterocycles. The Morgan fingerprint density at radius 1 is 1.17 bits per heavy atom. The van der Waals surface area contributed by atoms with E-state index in [0.717, 1.165) is 36.8 Å². The number of hydrogen-bond acceptors (Lipinski definition) is 4. The van der Waals surface area contributed by atoms with E-state index in [1.54, 1.807) is 27.7 Å². The number of benzene rings is 1. The minimum Gasteiger partial charge on any atom is -0.462 e. The molecule has 0 saturated heterocycles. The molecule has 0 amide bonds. The maximum absolute atomic E-state index is 13.6. The van der Waals surface area contributed by atoms with E-state index in [9.17, 15) is 14.0 Å². The smallest absolute Gasteiger partial charge is 0.309 e. The molecule has 1 aromatic carbocycles. The predicted molar refractivity (Wildman–Crippen MR) is 111 cm³/mol. The highest BCUT2D eigenvalue weighted by atomic mass is 19.1. The van der Waals surface area contributed by atoms with Crippen molar-refractivity contribution in [3.8, 4) is 0 Å². The summed E-state index contributed by atoms with van der Waals surface area (Å²) in [5.74, 6) is -1.21. The first-order valence-corrected chi connectivity index (χ1v) is 10.7. The Hall–Kier alpha value is -1.91. The van der Waals surface area contributed by atoms with Crippen LogP contribution in [0.2, 0.25) is 0 Å². The second-order valence-corrected chi connectivity index (χ2v) is 9.40. The largest absolute Gasteiger partial charge is 0.462 e. The molecule has 29 heavy (non-hydrogen) atoms. The van der Waals surface area contributed by atoms with Gasteiger partial charge in [0.2, 0.25) is 0 Å². The highest BCUT2D eigenvalue weighted by molar-refractivity contribution is 5.80. The molecule has 0 aromatic heterocycles. The molecular weight excluding hydrogens is 371 g/mol. The van der Waals surface area contributed by atoms with Crippen molar-refractivity contribution in [2.45, 2.75) is 91.3 Å². The zero-order valence-corrected chi connectivity index (χ0v) is 18.6. The number of ether oxygens (including phenoxy) is 2. The van der Waals surface area contributed by atoms with Crippen LogP contribution < -0.4 is 0 Å². The van der Waals surface area contributed by atoms with E-state index < -0.39 is 23.5 Å². The number of hydrogen-bond donors (Lipinski definition) is 0. The zero-order chi connectivity index (χ0) is 21.8. The van der Waals surface area contributed by atoms with E-state index >= 15 is 0 Å². The molecule has 0 spiro atoms. The van der Waals surface area contributed by atoms with E-state index in [4.69, 9.17) is 9.47 Å². The third kappa shape index (κ3) is 6.83. The van der Waals surface area contributed by atoms with Crippen molar-refractivity contribution in [2.24, 2.45) is 11.8 Å². The third-order valence-electron chi connectivity index (χ3n) is 5.60. The molecule has 0 unspecified atom stereocenters. The van der Waals surface area contributed by atoms with Gasteiger partial charge in [0.1, 0.15) is 17.5 Å². The average Bonchev–Trinajstić information content (AvgIpc) is 3.09. The van der Waals surface area contributed by atoms with E-state index in [1.165, 1.54) is 12.1 Å². The van der Waals surface area contributed by atoms with Gasteiger partial charge in [-0.05, 0) is 76.6 Å². The minimum atomic E-state index is -0.582. The van der Waals surface area contributed by atoms with Gasteiger partial charge < -0.3 is 9.47 Å². The van der Waals surface area contributed by atoms with Crippen LogP contribution in [-0.4, -0.2) is 23.6 Å². The Bertz CT molecular complexity index is 716. The summed E-state index contributed by atoms with van der Waals surface area (Å²) in [5, 5.41) is 0. The topological polar surface area (TPSA) is 52.6 Å². The number of halogens is 1. The highest BCUT2D eigenvalue weighted by Crippen LogP contribution is 2.41. The summed E-state index contributed by atoms with van der Waals surface area (Å²) in [6, 6.07) is 4.84. The number of rotatable bonds is 7. The minimum absolute atomic E-state index is 0.00745. The maximum atomic E-state index is 13.6. The van der Waals surface area contributed by atoms with Crippen LogP contribution in [0.3, 0.4) is 0 Å². The van der Waals surface area contributed by atoms with Gasteiger partial charge in [0.15, 0.2) is 0 Å². The molecule has 1 fully saturated rings. The Morgan fingerprint density at radius 3 is 2.34 bits per heavy atom. The van der Waals surface area contributed by atoms with Gasteiger partial charge in [-0.1, -0.05) is 25.8 Å². The molecule has 162 valence electrons. The predicted octanol–water partition coefficient (Wildman–Crippen LogP) is 5.71. The molecule has 3 atom stereocenters. The van der Waals surface area contributed by atoms with E-state index in [2.05, 4.69) is 0 Å². The van der Waals surface area contributed by atoms with Gasteiger partial charge in [-0.2, -0.15) is 0 Å². The first kappa shape index (κ1) is 23.4. The van der Waals surface area contributed by atoms with E-state index in [1.807, 2.05) is 19.9 Å². The molecular formula is C24H35FO4. The zero-order valence-electron chi connectivity index (χ0n) is 18.6. The molecule has 0 bridgehead atoms. The quantitative estimate of drug-likeness (QED) is 0.545. The lowest BCUT2D eigenvalue weighted by molar-refractivity contribution is -0.163. The fourth-order valence-electron chi connectivity index (χ4n) is 4.31. The molecule has 1 saturated carbocycles. The van der Waals surface area contributed by atoms with Crippen molar-refractivity contribution in [1.29, 1.82) is 0 Å². The maximum Gasteiger partial charge on any atom is 0.309 e. The summed E-state index contributed by atoms with van der Waals surface area (Å²) in [5.41, 5.74) is 1.34. The lowest BCUT2D eigenvalue weighted by Crippen LogP contribution is -2.31. The fourth-order valence-corrected chi connectivity index (χ4v) is 4.31. The molecule has 0 N–H and O–H groups in total. The van der Waals surface area contributed by atoms with Gasteiger partial charge in [0, 0.05) is 5.92 Å². The Kier molecular flexibility index (Phi) is 7.84. The monoisotopic (exact) mass is 406 g/mol. The SMILES string of the molecule is Cc1cc(F)ccc1[C@H](C1CCCC1)[C@H](C)OC(=O)[C@H](C)CC(=O)OC(C)(C)C. The summed E-state index contributed by atoms with van der Waals surface area (Å²) in [4.78, 5) is 24.7. The van der Waals surface area contributed by atoms with Gasteiger partial charge in [-0.3, -0.25) is 9.59 Å². The Morgan fingerprint density at radius 2 is 1.79 bits per heavy atom. The van der Waals surface area contributed by atoms with Crippen LogP contribution in [0, 0.1) is 24.6 Å². The van der Waals surface area contributed by atoms with Crippen molar-refractivity contribution in [1.82, 2.24) is 0 Å². The molecule has 5 heteroatoms. The van der Waals surface area contributed by atoms with Crippen LogP contribution in [0.1, 0.15) is 83.8 Å². The molecule has 0 aliphatic heterocycles. The average molecular weight is 407 g/mol. The van der Waals surface area contributed by atoms with Crippen LogP contribution >= 0.6 is 0 Å². The number of carbonyl (C=O) groups is 2. The summed E-state index contributed by atoms with van der Waals surface area (Å²) >= 11 is 0. The van der Waals surface area contributed by atoms with E-state index in [-0.39, 0.29) is 24.3 Å². The first-order valence-electron chi connectivity index (χ1n) is 10.7. The summed E-state index contributed by atoms with van der Waals surface area (Å²) < 4.78 is 24.7. The second-order valence-electron chi connectivity index (χ2n) is 9.40. The van der Waals surface area contributed by atoms with Crippen LogP contribution in [0.15, 0.2) is 18.2 Å². The summed E-state index contributed by atoms with van der Waals surface area (Å²) in [6.45, 7) is 10.9. The first-order chi connectivity index (χ1) is 13.5. The molecule has 4 nitrogen and oxygen atoms in total. The lowest BCUT2D eigenvalue weighted by atomic mass is 9.79. The van der Waals surface area contributed by atoms with E-state index in [0.29, 0.717) is 5.92 Å². The van der Waals surface area contributed by atoms with Crippen LogP contribution in [0.5, 0.6) is 0 Å². The van der Waals surface area contributed by atoms with Crippen molar-refractivity contribution in [2.75, 3.05) is 0 Å². The van der Waals surface area contributed by atoms with Crippen LogP contribution in [0.25, 0.3) is 0 Å². The second kappa shape index (κ2) is 9.73.